The summed E-state index contributed by atoms with van der Waals surface area (Å²) in [5.74, 6) is -0.611. The topological polar surface area (TPSA) is 63.7 Å². The van der Waals surface area contributed by atoms with Crippen molar-refractivity contribution in [3.8, 4) is 0 Å². The number of ether oxygens (including phenoxy) is 1. The summed E-state index contributed by atoms with van der Waals surface area (Å²) in [6.07, 6.45) is 1.98. The Morgan fingerprint density at radius 2 is 1.85 bits per heavy atom. The van der Waals surface area contributed by atoms with Crippen molar-refractivity contribution in [2.24, 2.45) is 0 Å². The average molecular weight is 446 g/mol. The summed E-state index contributed by atoms with van der Waals surface area (Å²) in [5.41, 5.74) is 1.35. The Balaban J connectivity index is 1.78. The second-order valence-electron chi connectivity index (χ2n) is 7.26. The quantitative estimate of drug-likeness (QED) is 0.628. The zero-order valence-electron chi connectivity index (χ0n) is 14.4. The van der Waals surface area contributed by atoms with Crippen molar-refractivity contribution in [2.45, 2.75) is 35.8 Å². The summed E-state index contributed by atoms with van der Waals surface area (Å²) in [7, 11) is -3.71. The van der Waals surface area contributed by atoms with Crippen LogP contribution in [-0.4, -0.2) is 30.3 Å². The maximum absolute atomic E-state index is 13.2. The molecule has 3 heterocycles. The van der Waals surface area contributed by atoms with E-state index in [4.69, 9.17) is 4.74 Å². The monoisotopic (exact) mass is 445 g/mol. The van der Waals surface area contributed by atoms with Crippen molar-refractivity contribution in [3.05, 3.63) is 70.2 Å². The van der Waals surface area contributed by atoms with Crippen LogP contribution in [0.1, 0.15) is 30.4 Å². The van der Waals surface area contributed by atoms with Crippen molar-refractivity contribution >= 4 is 37.6 Å². The SMILES string of the molecule is C[C@@]12OC(=O)CC1N1C(=CC2c2ccc(Br)cc2)c2ccccc2S1(=O)=O. The van der Waals surface area contributed by atoms with Crippen LogP contribution in [-0.2, 0) is 19.6 Å². The van der Waals surface area contributed by atoms with Gasteiger partial charge >= 0.3 is 5.97 Å². The van der Waals surface area contributed by atoms with Crippen LogP contribution < -0.4 is 0 Å². The van der Waals surface area contributed by atoms with Crippen molar-refractivity contribution in [3.63, 3.8) is 0 Å². The van der Waals surface area contributed by atoms with Crippen molar-refractivity contribution in [1.29, 1.82) is 0 Å². The van der Waals surface area contributed by atoms with Gasteiger partial charge in [0, 0.05) is 16.0 Å². The van der Waals surface area contributed by atoms with Gasteiger partial charge in [0.1, 0.15) is 5.60 Å². The molecule has 1 fully saturated rings. The van der Waals surface area contributed by atoms with Gasteiger partial charge in [0.25, 0.3) is 10.0 Å². The molecule has 5 rings (SSSR count). The highest BCUT2D eigenvalue weighted by molar-refractivity contribution is 9.10. The zero-order chi connectivity index (χ0) is 19.0. The Bertz CT molecular complexity index is 1110. The van der Waals surface area contributed by atoms with E-state index in [2.05, 4.69) is 15.9 Å². The van der Waals surface area contributed by atoms with Crippen molar-refractivity contribution in [2.75, 3.05) is 0 Å². The molecule has 2 aromatic carbocycles. The third kappa shape index (κ3) is 2.21. The van der Waals surface area contributed by atoms with Gasteiger partial charge in [-0.15, -0.1) is 0 Å². The summed E-state index contributed by atoms with van der Waals surface area (Å²) < 4.78 is 34.5. The number of carbonyl (C=O) groups excluding carboxylic acids is 1. The lowest BCUT2D eigenvalue weighted by molar-refractivity contribution is -0.149. The second-order valence-corrected chi connectivity index (χ2v) is 9.96. The predicted octanol–water partition coefficient (Wildman–Crippen LogP) is 3.67. The van der Waals surface area contributed by atoms with Gasteiger partial charge in [-0.05, 0) is 36.8 Å². The van der Waals surface area contributed by atoms with Gasteiger partial charge in [-0.25, -0.2) is 8.42 Å². The van der Waals surface area contributed by atoms with Gasteiger partial charge in [-0.3, -0.25) is 9.10 Å². The molecule has 0 spiro atoms. The van der Waals surface area contributed by atoms with E-state index >= 15 is 0 Å². The van der Waals surface area contributed by atoms with E-state index < -0.39 is 21.7 Å². The number of nitrogens with zero attached hydrogens (tertiary/aromatic N) is 1. The van der Waals surface area contributed by atoms with Crippen LogP contribution in [0.5, 0.6) is 0 Å². The summed E-state index contributed by atoms with van der Waals surface area (Å²) in [6, 6.07) is 14.2. The molecule has 3 atom stereocenters. The molecule has 3 aliphatic rings. The van der Waals surface area contributed by atoms with Gasteiger partial charge in [-0.1, -0.05) is 46.3 Å². The Labute approximate surface area is 165 Å². The largest absolute Gasteiger partial charge is 0.456 e. The number of esters is 1. The summed E-state index contributed by atoms with van der Waals surface area (Å²) >= 11 is 3.44. The molecule has 0 saturated carbocycles. The van der Waals surface area contributed by atoms with E-state index in [1.54, 1.807) is 12.1 Å². The van der Waals surface area contributed by atoms with Crippen LogP contribution in [0.15, 0.2) is 64.0 Å². The Hall–Kier alpha value is -2.12. The summed E-state index contributed by atoms with van der Waals surface area (Å²) in [4.78, 5) is 12.5. The fourth-order valence-electron chi connectivity index (χ4n) is 4.48. The summed E-state index contributed by atoms with van der Waals surface area (Å²) in [6.45, 7) is 1.83. The lowest BCUT2D eigenvalue weighted by atomic mass is 9.75. The Morgan fingerprint density at radius 1 is 1.15 bits per heavy atom. The van der Waals surface area contributed by atoms with Gasteiger partial charge in [0.2, 0.25) is 0 Å². The molecule has 1 saturated heterocycles. The van der Waals surface area contributed by atoms with E-state index in [1.807, 2.05) is 49.4 Å². The van der Waals surface area contributed by atoms with Gasteiger partial charge < -0.3 is 4.74 Å². The van der Waals surface area contributed by atoms with E-state index in [1.165, 1.54) is 4.31 Å². The number of rotatable bonds is 1. The lowest BCUT2D eigenvalue weighted by Crippen LogP contribution is -2.53. The minimum absolute atomic E-state index is 0.0497. The molecule has 0 bridgehead atoms. The average Bonchev–Trinajstić information content (AvgIpc) is 3.06. The highest BCUT2D eigenvalue weighted by atomic mass is 79.9. The molecule has 2 aromatic rings. The van der Waals surface area contributed by atoms with E-state index in [0.717, 1.165) is 10.0 Å². The van der Waals surface area contributed by atoms with Crippen LogP contribution in [0.2, 0.25) is 0 Å². The number of hydrogen-bond acceptors (Lipinski definition) is 4. The standard InChI is InChI=1S/C20H16BrNO4S/c1-20-15(12-6-8-13(21)9-7-12)10-16-14-4-2-3-5-17(14)27(24,25)22(16)18(20)11-19(23)26-20/h2-10,15,18H,11H2,1H3/t15?,18?,20-/m0/s1. The highest BCUT2D eigenvalue weighted by Crippen LogP contribution is 2.54. The maximum atomic E-state index is 13.2. The first kappa shape index (κ1) is 17.0. The van der Waals surface area contributed by atoms with Crippen LogP contribution in [0.3, 0.4) is 0 Å². The molecule has 7 heteroatoms. The van der Waals surface area contributed by atoms with Gasteiger partial charge in [0.15, 0.2) is 0 Å². The molecule has 5 nitrogen and oxygen atoms in total. The molecule has 3 aliphatic heterocycles. The van der Waals surface area contributed by atoms with Crippen molar-refractivity contribution in [1.82, 2.24) is 4.31 Å². The molecular weight excluding hydrogens is 430 g/mol. The molecular formula is C20H16BrNO4S. The smallest absolute Gasteiger partial charge is 0.308 e. The normalized spacial score (nSPS) is 30.2. The fraction of sp³-hybridized carbons (Fsp3) is 0.250. The third-order valence-electron chi connectivity index (χ3n) is 5.75. The van der Waals surface area contributed by atoms with Gasteiger partial charge in [-0.2, -0.15) is 0 Å². The number of benzene rings is 2. The van der Waals surface area contributed by atoms with Crippen LogP contribution >= 0.6 is 15.9 Å². The Kier molecular flexibility index (Phi) is 3.44. The van der Waals surface area contributed by atoms with Crippen molar-refractivity contribution < 1.29 is 17.9 Å². The highest BCUT2D eigenvalue weighted by Gasteiger charge is 2.61. The zero-order valence-corrected chi connectivity index (χ0v) is 16.8. The first-order valence-corrected chi connectivity index (χ1v) is 10.9. The Morgan fingerprint density at radius 3 is 2.59 bits per heavy atom. The molecule has 0 aromatic heterocycles. The molecule has 0 amide bonds. The van der Waals surface area contributed by atoms with E-state index in [-0.39, 0.29) is 23.2 Å². The van der Waals surface area contributed by atoms with Crippen LogP contribution in [0.4, 0.5) is 0 Å². The maximum Gasteiger partial charge on any atom is 0.308 e. The first-order valence-electron chi connectivity index (χ1n) is 8.65. The molecule has 0 aliphatic carbocycles. The fourth-order valence-corrected chi connectivity index (χ4v) is 6.69. The third-order valence-corrected chi connectivity index (χ3v) is 8.16. The minimum Gasteiger partial charge on any atom is -0.456 e. The number of carbonyl (C=O) groups is 1. The number of fused-ring (bicyclic) bond motifs is 5. The number of sulfonamides is 1. The van der Waals surface area contributed by atoms with Crippen LogP contribution in [0, 0.1) is 0 Å². The molecule has 27 heavy (non-hydrogen) atoms. The van der Waals surface area contributed by atoms with E-state index in [0.29, 0.717) is 11.3 Å². The molecule has 0 N–H and O–H groups in total. The minimum atomic E-state index is -3.71. The molecule has 2 unspecified atom stereocenters. The molecule has 0 radical (unpaired) electrons. The number of halogens is 1. The lowest BCUT2D eigenvalue weighted by Gasteiger charge is -2.44. The van der Waals surface area contributed by atoms with Crippen LogP contribution in [0.25, 0.3) is 5.70 Å². The molecule has 138 valence electrons. The predicted molar refractivity (Wildman–Crippen MR) is 103 cm³/mol. The number of hydrogen-bond donors (Lipinski definition) is 0. The van der Waals surface area contributed by atoms with Gasteiger partial charge in [0.05, 0.1) is 23.1 Å². The first-order chi connectivity index (χ1) is 12.8. The van der Waals surface area contributed by atoms with E-state index in [9.17, 15) is 13.2 Å². The second kappa shape index (κ2) is 5.45. The summed E-state index contributed by atoms with van der Waals surface area (Å²) in [5, 5.41) is 0.